The Balaban J connectivity index is 1.75. The van der Waals surface area contributed by atoms with E-state index < -0.39 is 5.54 Å². The summed E-state index contributed by atoms with van der Waals surface area (Å²) in [5.74, 6) is 0. The fraction of sp³-hybridized carbons (Fsp3) is 0.357. The van der Waals surface area contributed by atoms with Crippen LogP contribution in [0.4, 0.5) is 0 Å². The molecule has 0 radical (unpaired) electrons. The lowest BCUT2D eigenvalue weighted by atomic mass is 10.0. The zero-order chi connectivity index (χ0) is 13.3. The van der Waals surface area contributed by atoms with Crippen LogP contribution in [0.15, 0.2) is 36.5 Å². The van der Waals surface area contributed by atoms with Crippen molar-refractivity contribution in [3.8, 4) is 6.07 Å². The van der Waals surface area contributed by atoms with Gasteiger partial charge < -0.3 is 5.73 Å². The fourth-order valence-electron chi connectivity index (χ4n) is 2.14. The molecule has 5 heteroatoms. The smallest absolute Gasteiger partial charge is 0.150 e. The molecule has 5 nitrogen and oxygen atoms in total. The second kappa shape index (κ2) is 4.48. The fourth-order valence-corrected chi connectivity index (χ4v) is 2.14. The second-order valence-electron chi connectivity index (χ2n) is 5.03. The molecule has 0 saturated heterocycles. The summed E-state index contributed by atoms with van der Waals surface area (Å²) >= 11 is 0. The van der Waals surface area contributed by atoms with Crippen molar-refractivity contribution in [1.82, 2.24) is 15.0 Å². The number of aromatic nitrogens is 3. The maximum absolute atomic E-state index is 9.12. The third-order valence-electron chi connectivity index (χ3n) is 3.56. The average molecular weight is 253 g/mol. The van der Waals surface area contributed by atoms with Crippen molar-refractivity contribution in [3.05, 3.63) is 47.8 Å². The summed E-state index contributed by atoms with van der Waals surface area (Å²) < 4.78 is 1.66. The summed E-state index contributed by atoms with van der Waals surface area (Å²) in [6.07, 6.45) is 4.23. The van der Waals surface area contributed by atoms with Gasteiger partial charge >= 0.3 is 0 Å². The highest BCUT2D eigenvalue weighted by Gasteiger charge is 2.46. The quantitative estimate of drug-likeness (QED) is 0.896. The molecule has 96 valence electrons. The van der Waals surface area contributed by atoms with E-state index in [0.717, 1.165) is 25.0 Å². The Morgan fingerprint density at radius 3 is 2.74 bits per heavy atom. The van der Waals surface area contributed by atoms with Gasteiger partial charge in [0.1, 0.15) is 0 Å². The molecule has 0 amide bonds. The largest absolute Gasteiger partial charge is 0.322 e. The van der Waals surface area contributed by atoms with Crippen LogP contribution in [0, 0.1) is 11.3 Å². The Morgan fingerprint density at radius 1 is 1.37 bits per heavy atom. The first kappa shape index (κ1) is 11.9. The molecule has 1 atom stereocenters. The SMILES string of the molecule is N#CC1(n2cc([C@@H](N)Cc3ccccc3)nn2)CC1. The van der Waals surface area contributed by atoms with E-state index in [9.17, 15) is 0 Å². The number of benzene rings is 1. The molecular formula is C14H15N5. The van der Waals surface area contributed by atoms with Crippen LogP contribution >= 0.6 is 0 Å². The van der Waals surface area contributed by atoms with Gasteiger partial charge in [0.25, 0.3) is 0 Å². The van der Waals surface area contributed by atoms with Crippen LogP contribution in [-0.4, -0.2) is 15.0 Å². The van der Waals surface area contributed by atoms with Gasteiger partial charge in [-0.25, -0.2) is 4.68 Å². The number of nitrogens with zero attached hydrogens (tertiary/aromatic N) is 4. The molecule has 2 N–H and O–H groups in total. The summed E-state index contributed by atoms with van der Waals surface area (Å²) in [6.45, 7) is 0. The Bertz CT molecular complexity index is 606. The first-order valence-electron chi connectivity index (χ1n) is 6.37. The van der Waals surface area contributed by atoms with Gasteiger partial charge in [0.2, 0.25) is 0 Å². The summed E-state index contributed by atoms with van der Waals surface area (Å²) in [5, 5.41) is 17.3. The molecule has 2 aromatic rings. The minimum absolute atomic E-state index is 0.189. The van der Waals surface area contributed by atoms with Gasteiger partial charge in [0.05, 0.1) is 24.0 Å². The molecule has 1 aromatic carbocycles. The molecule has 1 saturated carbocycles. The van der Waals surface area contributed by atoms with Crippen LogP contribution in [0.1, 0.15) is 30.1 Å². The van der Waals surface area contributed by atoms with Crippen molar-refractivity contribution < 1.29 is 0 Å². The minimum atomic E-state index is -0.461. The van der Waals surface area contributed by atoms with Gasteiger partial charge in [-0.05, 0) is 24.8 Å². The van der Waals surface area contributed by atoms with Crippen LogP contribution in [-0.2, 0) is 12.0 Å². The Hall–Kier alpha value is -2.19. The summed E-state index contributed by atoms with van der Waals surface area (Å²) in [5.41, 5.74) is 7.60. The van der Waals surface area contributed by atoms with Gasteiger partial charge in [-0.15, -0.1) is 5.10 Å². The standard InChI is InChI=1S/C14H15N5/c15-10-14(6-7-14)19-9-13(17-18-19)12(16)8-11-4-2-1-3-5-11/h1-5,9,12H,6-8,16H2/t12-/m0/s1. The maximum Gasteiger partial charge on any atom is 0.150 e. The first-order valence-corrected chi connectivity index (χ1v) is 6.37. The van der Waals surface area contributed by atoms with Crippen molar-refractivity contribution in [2.45, 2.75) is 30.8 Å². The molecule has 1 aliphatic carbocycles. The third-order valence-corrected chi connectivity index (χ3v) is 3.56. The van der Waals surface area contributed by atoms with Crippen LogP contribution in [0.5, 0.6) is 0 Å². The topological polar surface area (TPSA) is 80.5 Å². The average Bonchev–Trinajstić information content (AvgIpc) is 3.08. The van der Waals surface area contributed by atoms with E-state index in [1.165, 1.54) is 5.56 Å². The van der Waals surface area contributed by atoms with E-state index in [4.69, 9.17) is 11.0 Å². The molecule has 1 aromatic heterocycles. The summed E-state index contributed by atoms with van der Waals surface area (Å²) in [6, 6.07) is 12.2. The van der Waals surface area contributed by atoms with Gasteiger partial charge in [0.15, 0.2) is 5.54 Å². The highest BCUT2D eigenvalue weighted by Crippen LogP contribution is 2.42. The van der Waals surface area contributed by atoms with Crippen molar-refractivity contribution in [3.63, 3.8) is 0 Å². The van der Waals surface area contributed by atoms with Crippen LogP contribution in [0.3, 0.4) is 0 Å². The molecule has 0 spiro atoms. The normalized spacial score (nSPS) is 17.7. The predicted octanol–water partition coefficient (Wildman–Crippen LogP) is 1.53. The van der Waals surface area contributed by atoms with E-state index in [-0.39, 0.29) is 6.04 Å². The molecule has 3 rings (SSSR count). The van der Waals surface area contributed by atoms with Crippen LogP contribution in [0.2, 0.25) is 0 Å². The highest BCUT2D eigenvalue weighted by molar-refractivity contribution is 5.20. The van der Waals surface area contributed by atoms with Crippen molar-refractivity contribution in [2.75, 3.05) is 0 Å². The number of nitriles is 1. The van der Waals surface area contributed by atoms with Crippen molar-refractivity contribution >= 4 is 0 Å². The van der Waals surface area contributed by atoms with Crippen LogP contribution in [0.25, 0.3) is 0 Å². The lowest BCUT2D eigenvalue weighted by Crippen LogP contribution is -2.16. The molecular weight excluding hydrogens is 238 g/mol. The van der Waals surface area contributed by atoms with E-state index >= 15 is 0 Å². The highest BCUT2D eigenvalue weighted by atomic mass is 15.5. The zero-order valence-electron chi connectivity index (χ0n) is 10.5. The monoisotopic (exact) mass is 253 g/mol. The Labute approximate surface area is 111 Å². The van der Waals surface area contributed by atoms with E-state index in [1.54, 1.807) is 4.68 Å². The van der Waals surface area contributed by atoms with E-state index in [1.807, 2.05) is 36.5 Å². The van der Waals surface area contributed by atoms with Gasteiger partial charge in [-0.3, -0.25) is 0 Å². The lowest BCUT2D eigenvalue weighted by molar-refractivity contribution is 0.516. The zero-order valence-corrected chi connectivity index (χ0v) is 10.5. The van der Waals surface area contributed by atoms with E-state index in [2.05, 4.69) is 16.4 Å². The molecule has 1 aliphatic rings. The third kappa shape index (κ3) is 2.23. The molecule has 0 unspecified atom stereocenters. The Morgan fingerprint density at radius 2 is 2.11 bits per heavy atom. The minimum Gasteiger partial charge on any atom is -0.322 e. The number of hydrogen-bond acceptors (Lipinski definition) is 4. The second-order valence-corrected chi connectivity index (χ2v) is 5.03. The van der Waals surface area contributed by atoms with E-state index in [0.29, 0.717) is 0 Å². The number of hydrogen-bond donors (Lipinski definition) is 1. The molecule has 1 heterocycles. The molecule has 0 aliphatic heterocycles. The van der Waals surface area contributed by atoms with Gasteiger partial charge in [0, 0.05) is 0 Å². The number of rotatable bonds is 4. The van der Waals surface area contributed by atoms with Gasteiger partial charge in [-0.1, -0.05) is 35.5 Å². The van der Waals surface area contributed by atoms with Crippen molar-refractivity contribution in [1.29, 1.82) is 5.26 Å². The molecule has 1 fully saturated rings. The number of nitrogens with two attached hydrogens (primary N) is 1. The molecule has 19 heavy (non-hydrogen) atoms. The molecule has 0 bridgehead atoms. The first-order chi connectivity index (χ1) is 9.23. The summed E-state index contributed by atoms with van der Waals surface area (Å²) in [7, 11) is 0. The maximum atomic E-state index is 9.12. The van der Waals surface area contributed by atoms with Crippen molar-refractivity contribution in [2.24, 2.45) is 5.73 Å². The lowest BCUT2D eigenvalue weighted by Gasteiger charge is -2.08. The predicted molar refractivity (Wildman–Crippen MR) is 69.9 cm³/mol. The van der Waals surface area contributed by atoms with Gasteiger partial charge in [-0.2, -0.15) is 5.26 Å². The van der Waals surface area contributed by atoms with Crippen LogP contribution < -0.4 is 5.73 Å². The summed E-state index contributed by atoms with van der Waals surface area (Å²) in [4.78, 5) is 0. The Kier molecular flexibility index (Phi) is 2.80.